The summed E-state index contributed by atoms with van der Waals surface area (Å²) in [6, 6.07) is 7.40. The molecule has 0 saturated carbocycles. The van der Waals surface area contributed by atoms with Crippen molar-refractivity contribution in [2.24, 2.45) is 0 Å². The predicted molar refractivity (Wildman–Crippen MR) is 54.4 cm³/mol. The van der Waals surface area contributed by atoms with E-state index < -0.39 is 7.12 Å². The monoisotopic (exact) mass is 192 g/mol. The van der Waals surface area contributed by atoms with Gasteiger partial charge in [-0.1, -0.05) is 24.3 Å². The van der Waals surface area contributed by atoms with Crippen molar-refractivity contribution in [3.8, 4) is 0 Å². The van der Waals surface area contributed by atoms with Crippen molar-refractivity contribution in [3.63, 3.8) is 0 Å². The highest BCUT2D eigenvalue weighted by molar-refractivity contribution is 6.58. The minimum Gasteiger partial charge on any atom is -0.423 e. The highest BCUT2D eigenvalue weighted by atomic mass is 16.5. The first-order valence-electron chi connectivity index (χ1n) is 4.81. The second-order valence-electron chi connectivity index (χ2n) is 3.60. The molecule has 1 aromatic rings. The Morgan fingerprint density at radius 2 is 2.21 bits per heavy atom. The molecule has 1 unspecified atom stereocenters. The van der Waals surface area contributed by atoms with E-state index in [0.717, 1.165) is 25.2 Å². The molecule has 0 spiro atoms. The van der Waals surface area contributed by atoms with Crippen LogP contribution in [-0.4, -0.2) is 30.4 Å². The van der Waals surface area contributed by atoms with Gasteiger partial charge in [0.2, 0.25) is 0 Å². The predicted octanol–water partition coefficient (Wildman–Crippen LogP) is -0.130. The number of benzene rings is 1. The maximum absolute atomic E-state index is 9.02. The Labute approximate surface area is 83.5 Å². The molecule has 0 amide bonds. The maximum Gasteiger partial charge on any atom is 0.488 e. The standard InChI is InChI=1S/C10H13BO3/c12-11(13)10-3-1-2-8(6-10)9-4-5-14-7-9/h1-3,6,9,12-13H,4-5,7H2. The molecule has 1 atom stereocenters. The molecule has 1 aliphatic heterocycles. The fraction of sp³-hybridized carbons (Fsp3) is 0.400. The highest BCUT2D eigenvalue weighted by Crippen LogP contribution is 2.23. The fourth-order valence-corrected chi connectivity index (χ4v) is 1.77. The lowest BCUT2D eigenvalue weighted by atomic mass is 9.78. The van der Waals surface area contributed by atoms with Crippen LogP contribution in [0, 0.1) is 0 Å². The Kier molecular flexibility index (Phi) is 2.86. The van der Waals surface area contributed by atoms with Crippen molar-refractivity contribution < 1.29 is 14.8 Å². The molecule has 0 aromatic heterocycles. The zero-order chi connectivity index (χ0) is 9.97. The first-order chi connectivity index (χ1) is 6.77. The minimum atomic E-state index is -1.38. The van der Waals surface area contributed by atoms with E-state index in [0.29, 0.717) is 11.4 Å². The summed E-state index contributed by atoms with van der Waals surface area (Å²) in [5.41, 5.74) is 1.68. The van der Waals surface area contributed by atoms with Crippen molar-refractivity contribution in [2.45, 2.75) is 12.3 Å². The van der Waals surface area contributed by atoms with Crippen molar-refractivity contribution in [2.75, 3.05) is 13.2 Å². The molecule has 1 heterocycles. The van der Waals surface area contributed by atoms with Crippen LogP contribution in [0.25, 0.3) is 0 Å². The van der Waals surface area contributed by atoms with Gasteiger partial charge >= 0.3 is 7.12 Å². The summed E-state index contributed by atoms with van der Waals surface area (Å²) in [6.07, 6.45) is 1.02. The van der Waals surface area contributed by atoms with Crippen LogP contribution in [0.1, 0.15) is 17.9 Å². The lowest BCUT2D eigenvalue weighted by Gasteiger charge is -2.09. The SMILES string of the molecule is OB(O)c1cccc(C2CCOC2)c1. The van der Waals surface area contributed by atoms with Gasteiger partial charge in [0.05, 0.1) is 6.61 Å². The summed E-state index contributed by atoms with van der Waals surface area (Å²) in [7, 11) is -1.38. The Bertz CT molecular complexity index is 308. The van der Waals surface area contributed by atoms with E-state index in [4.69, 9.17) is 14.8 Å². The molecule has 0 aliphatic carbocycles. The Morgan fingerprint density at radius 3 is 2.86 bits per heavy atom. The van der Waals surface area contributed by atoms with Crippen LogP contribution in [0.5, 0.6) is 0 Å². The number of rotatable bonds is 2. The van der Waals surface area contributed by atoms with Crippen LogP contribution in [0.2, 0.25) is 0 Å². The molecule has 74 valence electrons. The lowest BCUT2D eigenvalue weighted by molar-refractivity contribution is 0.194. The van der Waals surface area contributed by atoms with Gasteiger partial charge in [0, 0.05) is 12.5 Å². The summed E-state index contributed by atoms with van der Waals surface area (Å²) in [5.74, 6) is 0.411. The molecule has 1 saturated heterocycles. The smallest absolute Gasteiger partial charge is 0.423 e. The van der Waals surface area contributed by atoms with E-state index in [1.54, 1.807) is 6.07 Å². The summed E-state index contributed by atoms with van der Waals surface area (Å²) >= 11 is 0. The maximum atomic E-state index is 9.02. The quantitative estimate of drug-likeness (QED) is 0.641. The average molecular weight is 192 g/mol. The van der Waals surface area contributed by atoms with Crippen molar-refractivity contribution in [3.05, 3.63) is 29.8 Å². The number of hydrogen-bond donors (Lipinski definition) is 2. The number of hydrogen-bond acceptors (Lipinski definition) is 3. The van der Waals surface area contributed by atoms with Crippen LogP contribution < -0.4 is 5.46 Å². The second-order valence-corrected chi connectivity index (χ2v) is 3.60. The van der Waals surface area contributed by atoms with E-state index in [1.807, 2.05) is 18.2 Å². The van der Waals surface area contributed by atoms with Crippen molar-refractivity contribution in [1.82, 2.24) is 0 Å². The lowest BCUT2D eigenvalue weighted by Crippen LogP contribution is -2.30. The average Bonchev–Trinajstić information content (AvgIpc) is 2.71. The molecule has 0 bridgehead atoms. The van der Waals surface area contributed by atoms with Gasteiger partial charge in [-0.05, 0) is 17.4 Å². The van der Waals surface area contributed by atoms with E-state index in [-0.39, 0.29) is 0 Å². The van der Waals surface area contributed by atoms with Crippen LogP contribution in [-0.2, 0) is 4.74 Å². The van der Waals surface area contributed by atoms with Crippen LogP contribution in [0.3, 0.4) is 0 Å². The highest BCUT2D eigenvalue weighted by Gasteiger charge is 2.19. The molecule has 3 nitrogen and oxygen atoms in total. The number of ether oxygens (including phenoxy) is 1. The summed E-state index contributed by atoms with van der Waals surface area (Å²) < 4.78 is 5.29. The molecule has 14 heavy (non-hydrogen) atoms. The fourth-order valence-electron chi connectivity index (χ4n) is 1.77. The van der Waals surface area contributed by atoms with Crippen LogP contribution in [0.4, 0.5) is 0 Å². The van der Waals surface area contributed by atoms with Crippen molar-refractivity contribution >= 4 is 12.6 Å². The van der Waals surface area contributed by atoms with Gasteiger partial charge in [0.15, 0.2) is 0 Å². The molecule has 0 radical (unpaired) electrons. The topological polar surface area (TPSA) is 49.7 Å². The third-order valence-corrected chi connectivity index (χ3v) is 2.61. The molecule has 2 N–H and O–H groups in total. The van der Waals surface area contributed by atoms with Gasteiger partial charge in [-0.25, -0.2) is 0 Å². The first kappa shape index (κ1) is 9.71. The molecular weight excluding hydrogens is 179 g/mol. The van der Waals surface area contributed by atoms with Gasteiger partial charge in [-0.2, -0.15) is 0 Å². The van der Waals surface area contributed by atoms with Gasteiger partial charge in [-0.3, -0.25) is 0 Å². The van der Waals surface area contributed by atoms with Gasteiger partial charge in [0.25, 0.3) is 0 Å². The normalized spacial score (nSPS) is 21.1. The van der Waals surface area contributed by atoms with Gasteiger partial charge in [-0.15, -0.1) is 0 Å². The van der Waals surface area contributed by atoms with E-state index >= 15 is 0 Å². The molecule has 1 fully saturated rings. The third-order valence-electron chi connectivity index (χ3n) is 2.61. The Hall–Kier alpha value is -0.835. The molecular formula is C10H13BO3. The minimum absolute atomic E-state index is 0.411. The van der Waals surface area contributed by atoms with E-state index in [1.165, 1.54) is 0 Å². The molecule has 1 aromatic carbocycles. The summed E-state index contributed by atoms with van der Waals surface area (Å²) in [5, 5.41) is 18.0. The largest absolute Gasteiger partial charge is 0.488 e. The van der Waals surface area contributed by atoms with Crippen LogP contribution in [0.15, 0.2) is 24.3 Å². The Morgan fingerprint density at radius 1 is 1.36 bits per heavy atom. The molecule has 1 aliphatic rings. The third kappa shape index (κ3) is 1.98. The second kappa shape index (κ2) is 4.13. The zero-order valence-corrected chi connectivity index (χ0v) is 7.89. The van der Waals surface area contributed by atoms with E-state index in [2.05, 4.69) is 0 Å². The summed E-state index contributed by atoms with van der Waals surface area (Å²) in [6.45, 7) is 1.54. The van der Waals surface area contributed by atoms with E-state index in [9.17, 15) is 0 Å². The van der Waals surface area contributed by atoms with Gasteiger partial charge < -0.3 is 14.8 Å². The van der Waals surface area contributed by atoms with Gasteiger partial charge in [0.1, 0.15) is 0 Å². The van der Waals surface area contributed by atoms with Crippen LogP contribution >= 0.6 is 0 Å². The van der Waals surface area contributed by atoms with Crippen molar-refractivity contribution in [1.29, 1.82) is 0 Å². The molecule has 4 heteroatoms. The Balaban J connectivity index is 2.21. The first-order valence-corrected chi connectivity index (χ1v) is 4.81. The molecule has 2 rings (SSSR count). The summed E-state index contributed by atoms with van der Waals surface area (Å²) in [4.78, 5) is 0. The zero-order valence-electron chi connectivity index (χ0n) is 7.89.